The lowest BCUT2D eigenvalue weighted by atomic mass is 9.98. The van der Waals surface area contributed by atoms with Gasteiger partial charge in [-0.15, -0.1) is 11.3 Å². The molecule has 34 heavy (non-hydrogen) atoms. The Bertz CT molecular complexity index is 1390. The van der Waals surface area contributed by atoms with Crippen molar-refractivity contribution in [3.05, 3.63) is 57.2 Å². The van der Waals surface area contributed by atoms with E-state index in [2.05, 4.69) is 15.6 Å². The summed E-state index contributed by atoms with van der Waals surface area (Å²) >= 11 is 1.31. The van der Waals surface area contributed by atoms with Crippen molar-refractivity contribution in [3.8, 4) is 5.13 Å². The summed E-state index contributed by atoms with van der Waals surface area (Å²) in [4.78, 5) is 50.1. The second kappa shape index (κ2) is 8.13. The van der Waals surface area contributed by atoms with Crippen molar-refractivity contribution in [1.82, 2.24) is 30.1 Å². The number of aromatic nitrogens is 3. The van der Waals surface area contributed by atoms with Crippen molar-refractivity contribution in [2.45, 2.75) is 20.0 Å². The highest BCUT2D eigenvalue weighted by Crippen LogP contribution is 2.28. The number of nitrogens with zero attached hydrogens (tertiary/aromatic N) is 5. The molecule has 2 aliphatic heterocycles. The third kappa shape index (κ3) is 3.65. The molecule has 5 rings (SSSR count). The van der Waals surface area contributed by atoms with Crippen LogP contribution in [0.4, 0.5) is 5.82 Å². The van der Waals surface area contributed by atoms with Crippen LogP contribution in [0.3, 0.4) is 0 Å². The van der Waals surface area contributed by atoms with Crippen LogP contribution in [0.2, 0.25) is 0 Å². The van der Waals surface area contributed by atoms with Crippen LogP contribution in [-0.4, -0.2) is 62.7 Å². The highest BCUT2D eigenvalue weighted by Gasteiger charge is 2.35. The van der Waals surface area contributed by atoms with Crippen LogP contribution in [-0.2, 0) is 4.79 Å². The van der Waals surface area contributed by atoms with Crippen molar-refractivity contribution >= 4 is 40.1 Å². The highest BCUT2D eigenvalue weighted by atomic mass is 32.1. The van der Waals surface area contributed by atoms with Crippen molar-refractivity contribution < 1.29 is 14.7 Å². The summed E-state index contributed by atoms with van der Waals surface area (Å²) in [6.07, 6.45) is 4.85. The maximum absolute atomic E-state index is 12.9. The maximum Gasteiger partial charge on any atom is 0.341 e. The molecule has 1 atom stereocenters. The Morgan fingerprint density at radius 1 is 1.32 bits per heavy atom. The monoisotopic (exact) mass is 481 g/mol. The van der Waals surface area contributed by atoms with E-state index in [1.807, 2.05) is 30.0 Å². The largest absolute Gasteiger partial charge is 0.477 e. The highest BCUT2D eigenvalue weighted by molar-refractivity contribution is 7.12. The number of carbonyl (C=O) groups is 2. The topological polar surface area (TPSA) is 133 Å². The molecule has 0 saturated carbocycles. The van der Waals surface area contributed by atoms with Gasteiger partial charge < -0.3 is 25.5 Å². The number of aromatic carboxylic acids is 1. The summed E-state index contributed by atoms with van der Waals surface area (Å²) in [5.41, 5.74) is 0.0360. The van der Waals surface area contributed by atoms with Crippen molar-refractivity contribution in [2.24, 2.45) is 5.92 Å². The fourth-order valence-electron chi connectivity index (χ4n) is 4.09. The molecule has 5 heterocycles. The summed E-state index contributed by atoms with van der Waals surface area (Å²) in [5, 5.41) is 18.2. The minimum atomic E-state index is -1.30. The van der Waals surface area contributed by atoms with E-state index in [9.17, 15) is 19.5 Å². The molecule has 0 aliphatic carbocycles. The number of pyridine rings is 2. The van der Waals surface area contributed by atoms with Crippen LogP contribution in [0.5, 0.6) is 0 Å². The number of hydrogen-bond acceptors (Lipinski definition) is 9. The Labute approximate surface area is 198 Å². The Balaban J connectivity index is 1.44. The van der Waals surface area contributed by atoms with E-state index >= 15 is 0 Å². The first kappa shape index (κ1) is 21.9. The first-order valence-electron chi connectivity index (χ1n) is 10.7. The fourth-order valence-corrected chi connectivity index (χ4v) is 4.70. The predicted octanol–water partition coefficient (Wildman–Crippen LogP) is 1.08. The van der Waals surface area contributed by atoms with Gasteiger partial charge in [-0.3, -0.25) is 14.2 Å². The average Bonchev–Trinajstić information content (AvgIpc) is 3.36. The molecule has 176 valence electrons. The zero-order chi connectivity index (χ0) is 24.1. The number of thiazole rings is 1. The lowest BCUT2D eigenvalue weighted by Gasteiger charge is -2.39. The SMILES string of the molecule is Cc1cc(N2CC(C(=O)NC3=CN(C)[C@@H](C)N3)C2)nc2c1c(=O)c(C(=O)O)cn2-c1nccs1. The normalized spacial score (nSPS) is 18.0. The van der Waals surface area contributed by atoms with E-state index in [4.69, 9.17) is 4.98 Å². The maximum atomic E-state index is 12.9. The van der Waals surface area contributed by atoms with Crippen LogP contribution in [0.15, 0.2) is 40.7 Å². The number of anilines is 1. The van der Waals surface area contributed by atoms with Gasteiger partial charge in [-0.25, -0.2) is 14.8 Å². The van der Waals surface area contributed by atoms with Gasteiger partial charge in [0.15, 0.2) is 10.8 Å². The van der Waals surface area contributed by atoms with Gasteiger partial charge in [0.1, 0.15) is 17.2 Å². The van der Waals surface area contributed by atoms with Gasteiger partial charge >= 0.3 is 5.97 Å². The summed E-state index contributed by atoms with van der Waals surface area (Å²) in [7, 11) is 1.93. The quantitative estimate of drug-likeness (QED) is 0.490. The molecule has 0 aromatic carbocycles. The number of aryl methyl sites for hydroxylation is 1. The minimum absolute atomic E-state index is 0.0687. The standard InChI is InChI=1S/C22H23N7O4S/c1-11-6-16(28-7-13(8-28)20(31)25-15-10-27(3)12(2)24-15)26-19-17(11)18(30)14(21(32)33)9-29(19)22-23-4-5-34-22/h4-6,9-10,12-13,24H,7-8H2,1-3H3,(H,25,31)(H,32,33)/t12-/m0/s1. The van der Waals surface area contributed by atoms with Gasteiger partial charge in [0.2, 0.25) is 11.3 Å². The number of fused-ring (bicyclic) bond motifs is 1. The Morgan fingerprint density at radius 2 is 2.09 bits per heavy atom. The number of rotatable bonds is 5. The van der Waals surface area contributed by atoms with E-state index in [-0.39, 0.29) is 28.9 Å². The molecule has 11 nitrogen and oxygen atoms in total. The number of carboxylic acid groups (broad SMARTS) is 1. The molecule has 2 aliphatic rings. The third-order valence-electron chi connectivity index (χ3n) is 6.14. The average molecular weight is 482 g/mol. The van der Waals surface area contributed by atoms with Gasteiger partial charge in [0.25, 0.3) is 0 Å². The first-order chi connectivity index (χ1) is 16.2. The zero-order valence-corrected chi connectivity index (χ0v) is 19.6. The van der Waals surface area contributed by atoms with Crippen LogP contribution < -0.4 is 21.0 Å². The minimum Gasteiger partial charge on any atom is -0.477 e. The number of carbonyl (C=O) groups excluding carboxylic acids is 1. The Kier molecular flexibility index (Phi) is 5.24. The van der Waals surface area contributed by atoms with E-state index in [0.717, 1.165) is 0 Å². The van der Waals surface area contributed by atoms with E-state index in [0.29, 0.717) is 41.1 Å². The second-order valence-electron chi connectivity index (χ2n) is 8.48. The van der Waals surface area contributed by atoms with Crippen LogP contribution in [0.1, 0.15) is 22.8 Å². The summed E-state index contributed by atoms with van der Waals surface area (Å²) in [6.45, 7) is 4.72. The van der Waals surface area contributed by atoms with E-state index in [1.165, 1.54) is 17.5 Å². The zero-order valence-electron chi connectivity index (χ0n) is 18.8. The van der Waals surface area contributed by atoms with E-state index in [1.54, 1.807) is 29.1 Å². The Hall–Kier alpha value is -3.93. The second-order valence-corrected chi connectivity index (χ2v) is 9.35. The smallest absolute Gasteiger partial charge is 0.341 e. The third-order valence-corrected chi connectivity index (χ3v) is 6.91. The summed E-state index contributed by atoms with van der Waals surface area (Å²) < 4.78 is 1.54. The lowest BCUT2D eigenvalue weighted by molar-refractivity contribution is -0.125. The molecule has 0 bridgehead atoms. The van der Waals surface area contributed by atoms with Crippen LogP contribution in [0.25, 0.3) is 16.2 Å². The molecule has 1 saturated heterocycles. The van der Waals surface area contributed by atoms with Crippen molar-refractivity contribution in [3.63, 3.8) is 0 Å². The fraction of sp³-hybridized carbons (Fsp3) is 0.318. The van der Waals surface area contributed by atoms with Gasteiger partial charge in [0.05, 0.1) is 17.5 Å². The molecular weight excluding hydrogens is 458 g/mol. The molecular formula is C22H23N7O4S. The molecule has 3 aromatic heterocycles. The van der Waals surface area contributed by atoms with Gasteiger partial charge in [0, 0.05) is 44.1 Å². The van der Waals surface area contributed by atoms with Gasteiger partial charge in [-0.2, -0.15) is 0 Å². The molecule has 3 N–H and O–H groups in total. The molecule has 12 heteroatoms. The summed E-state index contributed by atoms with van der Waals surface area (Å²) in [5.74, 6) is -0.268. The van der Waals surface area contributed by atoms with Crippen molar-refractivity contribution in [2.75, 3.05) is 25.0 Å². The number of nitrogens with one attached hydrogen (secondary N) is 2. The molecule has 0 unspecified atom stereocenters. The number of carboxylic acids is 1. The number of hydrogen-bond donors (Lipinski definition) is 3. The van der Waals surface area contributed by atoms with Crippen LogP contribution >= 0.6 is 11.3 Å². The number of amides is 1. The molecule has 1 amide bonds. The predicted molar refractivity (Wildman–Crippen MR) is 127 cm³/mol. The lowest BCUT2D eigenvalue weighted by Crippen LogP contribution is -2.54. The van der Waals surface area contributed by atoms with E-state index < -0.39 is 11.4 Å². The summed E-state index contributed by atoms with van der Waals surface area (Å²) in [6, 6.07) is 1.76. The molecule has 0 spiro atoms. The van der Waals surface area contributed by atoms with Gasteiger partial charge in [-0.05, 0) is 25.5 Å². The molecule has 3 aromatic rings. The van der Waals surface area contributed by atoms with Gasteiger partial charge in [-0.1, -0.05) is 0 Å². The molecule has 0 radical (unpaired) electrons. The Morgan fingerprint density at radius 3 is 2.71 bits per heavy atom. The van der Waals surface area contributed by atoms with Crippen LogP contribution in [0, 0.1) is 12.8 Å². The first-order valence-corrected chi connectivity index (χ1v) is 11.6. The molecule has 1 fully saturated rings. The van der Waals surface area contributed by atoms with Crippen molar-refractivity contribution in [1.29, 1.82) is 0 Å².